The average Bonchev–Trinajstić information content (AvgIpc) is 3.54. The zero-order valence-electron chi connectivity index (χ0n) is 19.3. The van der Waals surface area contributed by atoms with Crippen molar-refractivity contribution >= 4 is 17.3 Å². The smallest absolute Gasteiger partial charge is 0.353 e. The SMILES string of the molecule is C=CCN(c1ncnc(N2CCN(Cc3ccc4c(c3)OCO4)CC2)c1[N+](=O)[O-])C1CCCC1. The van der Waals surface area contributed by atoms with E-state index < -0.39 is 0 Å². The molecule has 0 radical (unpaired) electrons. The van der Waals surface area contributed by atoms with Crippen LogP contribution in [-0.2, 0) is 6.54 Å². The van der Waals surface area contributed by atoms with Gasteiger partial charge < -0.3 is 19.3 Å². The van der Waals surface area contributed by atoms with E-state index in [-0.39, 0.29) is 23.4 Å². The molecule has 1 aliphatic carbocycles. The number of fused-ring (bicyclic) bond motifs is 1. The number of hydrogen-bond acceptors (Lipinski definition) is 9. The van der Waals surface area contributed by atoms with Crippen LogP contribution in [0.4, 0.5) is 17.3 Å². The van der Waals surface area contributed by atoms with E-state index in [0.29, 0.717) is 31.3 Å². The molecule has 5 rings (SSSR count). The standard InChI is InChI=1S/C24H30N6O4/c1-2-9-29(19-5-3-4-6-19)24-22(30(31)32)23(25-16-26-24)28-12-10-27(11-13-28)15-18-7-8-20-21(14-18)34-17-33-20/h2,7-8,14,16,19H,1,3-6,9-13,15,17H2. The first-order chi connectivity index (χ1) is 16.6. The van der Waals surface area contributed by atoms with Gasteiger partial charge in [-0.15, -0.1) is 6.58 Å². The summed E-state index contributed by atoms with van der Waals surface area (Å²) in [6.45, 7) is 8.33. The molecule has 0 unspecified atom stereocenters. The molecule has 0 N–H and O–H groups in total. The summed E-state index contributed by atoms with van der Waals surface area (Å²) in [5.74, 6) is 2.38. The third-order valence-electron chi connectivity index (χ3n) is 6.84. The van der Waals surface area contributed by atoms with Crippen LogP contribution in [0.15, 0.2) is 37.2 Å². The highest BCUT2D eigenvalue weighted by atomic mass is 16.7. The summed E-state index contributed by atoms with van der Waals surface area (Å²) in [6, 6.07) is 6.27. The number of hydrogen-bond donors (Lipinski definition) is 0. The Morgan fingerprint density at radius 3 is 2.65 bits per heavy atom. The lowest BCUT2D eigenvalue weighted by Gasteiger charge is -2.35. The Balaban J connectivity index is 1.31. The fourth-order valence-corrected chi connectivity index (χ4v) is 5.14. The quantitative estimate of drug-likeness (QED) is 0.329. The number of anilines is 2. The van der Waals surface area contributed by atoms with Gasteiger partial charge in [0.2, 0.25) is 18.4 Å². The van der Waals surface area contributed by atoms with Gasteiger partial charge in [0.15, 0.2) is 11.5 Å². The van der Waals surface area contributed by atoms with Gasteiger partial charge in [-0.25, -0.2) is 9.97 Å². The van der Waals surface area contributed by atoms with Crippen LogP contribution in [0.2, 0.25) is 0 Å². The number of nitrogens with zero attached hydrogens (tertiary/aromatic N) is 6. The summed E-state index contributed by atoms with van der Waals surface area (Å²) in [5.41, 5.74) is 1.16. The Labute approximate surface area is 198 Å². The molecule has 34 heavy (non-hydrogen) atoms. The van der Waals surface area contributed by atoms with Gasteiger partial charge >= 0.3 is 5.69 Å². The van der Waals surface area contributed by atoms with Crippen molar-refractivity contribution in [1.82, 2.24) is 14.9 Å². The van der Waals surface area contributed by atoms with E-state index in [1.165, 1.54) is 6.33 Å². The van der Waals surface area contributed by atoms with Crippen LogP contribution in [0.5, 0.6) is 11.5 Å². The Morgan fingerprint density at radius 2 is 1.91 bits per heavy atom. The molecule has 3 aliphatic rings. The molecule has 2 aliphatic heterocycles. The maximum Gasteiger partial charge on any atom is 0.353 e. The lowest BCUT2D eigenvalue weighted by Crippen LogP contribution is -2.46. The van der Waals surface area contributed by atoms with Crippen LogP contribution < -0.4 is 19.3 Å². The average molecular weight is 467 g/mol. The molecule has 2 fully saturated rings. The monoisotopic (exact) mass is 466 g/mol. The molecule has 10 nitrogen and oxygen atoms in total. The van der Waals surface area contributed by atoms with Crippen LogP contribution in [-0.4, -0.2) is 65.3 Å². The minimum atomic E-state index is -0.325. The molecule has 180 valence electrons. The minimum Gasteiger partial charge on any atom is -0.454 e. The predicted octanol–water partition coefficient (Wildman–Crippen LogP) is 3.37. The predicted molar refractivity (Wildman–Crippen MR) is 129 cm³/mol. The van der Waals surface area contributed by atoms with Gasteiger partial charge in [-0.3, -0.25) is 15.0 Å². The van der Waals surface area contributed by atoms with Crippen molar-refractivity contribution < 1.29 is 14.4 Å². The van der Waals surface area contributed by atoms with E-state index in [1.54, 1.807) is 6.08 Å². The molecule has 0 bridgehead atoms. The lowest BCUT2D eigenvalue weighted by atomic mass is 10.1. The van der Waals surface area contributed by atoms with Crippen LogP contribution in [0, 0.1) is 10.1 Å². The number of benzene rings is 1. The molecule has 2 aromatic rings. The zero-order chi connectivity index (χ0) is 23.5. The molecule has 1 saturated carbocycles. The zero-order valence-corrected chi connectivity index (χ0v) is 19.3. The number of piperazine rings is 1. The summed E-state index contributed by atoms with van der Waals surface area (Å²) in [7, 11) is 0. The van der Waals surface area contributed by atoms with Crippen molar-refractivity contribution in [3.05, 3.63) is 52.9 Å². The molecule has 0 amide bonds. The van der Waals surface area contributed by atoms with Crippen molar-refractivity contribution in [3.63, 3.8) is 0 Å². The highest BCUT2D eigenvalue weighted by Gasteiger charge is 2.34. The number of ether oxygens (including phenoxy) is 2. The van der Waals surface area contributed by atoms with Gasteiger partial charge in [0, 0.05) is 45.3 Å². The number of nitro groups is 1. The fraction of sp³-hybridized carbons (Fsp3) is 0.500. The molecular formula is C24H30N6O4. The fourth-order valence-electron chi connectivity index (χ4n) is 5.14. The Kier molecular flexibility index (Phi) is 6.48. The van der Waals surface area contributed by atoms with E-state index in [9.17, 15) is 10.1 Å². The molecule has 1 saturated heterocycles. The van der Waals surface area contributed by atoms with E-state index in [4.69, 9.17) is 9.47 Å². The first-order valence-electron chi connectivity index (χ1n) is 11.9. The Morgan fingerprint density at radius 1 is 1.15 bits per heavy atom. The molecule has 1 aromatic carbocycles. The van der Waals surface area contributed by atoms with Gasteiger partial charge in [-0.2, -0.15) is 0 Å². The third-order valence-corrected chi connectivity index (χ3v) is 6.84. The second-order valence-corrected chi connectivity index (χ2v) is 8.96. The summed E-state index contributed by atoms with van der Waals surface area (Å²) in [6.07, 6.45) is 7.55. The maximum atomic E-state index is 12.2. The van der Waals surface area contributed by atoms with Crippen molar-refractivity contribution in [3.8, 4) is 11.5 Å². The molecule has 10 heteroatoms. The second kappa shape index (κ2) is 9.84. The lowest BCUT2D eigenvalue weighted by molar-refractivity contribution is -0.383. The Bertz CT molecular complexity index is 1050. The van der Waals surface area contributed by atoms with Crippen molar-refractivity contribution in [1.29, 1.82) is 0 Å². The van der Waals surface area contributed by atoms with Crippen molar-refractivity contribution in [2.24, 2.45) is 0 Å². The summed E-state index contributed by atoms with van der Waals surface area (Å²) >= 11 is 0. The minimum absolute atomic E-state index is 0.000436. The van der Waals surface area contributed by atoms with E-state index in [2.05, 4.69) is 27.5 Å². The summed E-state index contributed by atoms with van der Waals surface area (Å²) in [4.78, 5) is 27.0. The van der Waals surface area contributed by atoms with Gasteiger partial charge in [0.1, 0.15) is 6.33 Å². The number of rotatable bonds is 8. The molecule has 0 atom stereocenters. The second-order valence-electron chi connectivity index (χ2n) is 8.96. The summed E-state index contributed by atoms with van der Waals surface area (Å²) < 4.78 is 10.9. The van der Waals surface area contributed by atoms with Crippen LogP contribution in [0.3, 0.4) is 0 Å². The van der Waals surface area contributed by atoms with Gasteiger partial charge in [0.05, 0.1) is 4.92 Å². The van der Waals surface area contributed by atoms with Gasteiger partial charge in [-0.05, 0) is 30.5 Å². The van der Waals surface area contributed by atoms with E-state index in [1.807, 2.05) is 21.9 Å². The molecule has 1 aromatic heterocycles. The van der Waals surface area contributed by atoms with Crippen LogP contribution in [0.1, 0.15) is 31.2 Å². The normalized spacial score (nSPS) is 18.3. The van der Waals surface area contributed by atoms with Crippen LogP contribution in [0.25, 0.3) is 0 Å². The molecule has 0 spiro atoms. The van der Waals surface area contributed by atoms with Crippen molar-refractivity contribution in [2.45, 2.75) is 38.3 Å². The third kappa shape index (κ3) is 4.50. The van der Waals surface area contributed by atoms with Gasteiger partial charge in [-0.1, -0.05) is 25.0 Å². The van der Waals surface area contributed by atoms with Gasteiger partial charge in [0.25, 0.3) is 0 Å². The number of aromatic nitrogens is 2. The van der Waals surface area contributed by atoms with E-state index >= 15 is 0 Å². The summed E-state index contributed by atoms with van der Waals surface area (Å²) in [5, 5.41) is 12.2. The first kappa shape index (κ1) is 22.4. The Hall–Kier alpha value is -3.40. The van der Waals surface area contributed by atoms with Crippen LogP contribution >= 0.6 is 0 Å². The molecular weight excluding hydrogens is 436 g/mol. The molecule has 3 heterocycles. The first-order valence-corrected chi connectivity index (χ1v) is 11.9. The topological polar surface area (TPSA) is 97.1 Å². The van der Waals surface area contributed by atoms with E-state index in [0.717, 1.165) is 62.4 Å². The highest BCUT2D eigenvalue weighted by Crippen LogP contribution is 2.38. The largest absolute Gasteiger partial charge is 0.454 e. The highest BCUT2D eigenvalue weighted by molar-refractivity contribution is 5.72. The maximum absolute atomic E-state index is 12.2. The van der Waals surface area contributed by atoms with Crippen molar-refractivity contribution in [2.75, 3.05) is 49.3 Å².